The number of aliphatic hydroxyl groups excluding tert-OH is 2. The molecule has 13 nitrogen and oxygen atoms in total. The minimum absolute atomic E-state index is 0.0803. The number of aromatic amines is 1. The number of hydrogen-bond donors (Lipinski definition) is 3. The molecule has 0 aliphatic carbocycles. The van der Waals surface area contributed by atoms with Crippen molar-refractivity contribution in [2.75, 3.05) is 6.61 Å². The van der Waals surface area contributed by atoms with E-state index in [1.54, 1.807) is 0 Å². The van der Waals surface area contributed by atoms with E-state index in [9.17, 15) is 40.0 Å². The van der Waals surface area contributed by atoms with E-state index in [-0.39, 0.29) is 16.9 Å². The van der Waals surface area contributed by atoms with Crippen LogP contribution in [0.4, 0.5) is 11.4 Å². The van der Waals surface area contributed by atoms with Gasteiger partial charge in [-0.15, -0.1) is 0 Å². The van der Waals surface area contributed by atoms with Gasteiger partial charge in [0.25, 0.3) is 5.56 Å². The maximum atomic E-state index is 12.5. The lowest BCUT2D eigenvalue weighted by Gasteiger charge is -2.29. The maximum Gasteiger partial charge on any atom is 0.360 e. The summed E-state index contributed by atoms with van der Waals surface area (Å²) < 4.78 is 6.77. The Labute approximate surface area is 180 Å². The van der Waals surface area contributed by atoms with Crippen molar-refractivity contribution in [3.63, 3.8) is 0 Å². The molecule has 0 bridgehead atoms. The predicted molar refractivity (Wildman–Crippen MR) is 110 cm³/mol. The molecule has 166 valence electrons. The van der Waals surface area contributed by atoms with Crippen LogP contribution in [-0.2, 0) is 9.79 Å². The molecule has 15 heteroatoms. The summed E-state index contributed by atoms with van der Waals surface area (Å²) >= 11 is 0. The Morgan fingerprint density at radius 2 is 2.03 bits per heavy atom. The zero-order chi connectivity index (χ0) is 22.9. The molecule has 0 saturated carbocycles. The Morgan fingerprint density at radius 3 is 2.61 bits per heavy atom. The number of aliphatic hydroxyl groups is 2. The summed E-state index contributed by atoms with van der Waals surface area (Å²) in [6.45, 7) is 0.878. The first-order chi connectivity index (χ1) is 14.6. The second kappa shape index (κ2) is 8.80. The quantitative estimate of drug-likeness (QED) is 0.294. The lowest BCUT2D eigenvalue weighted by atomic mass is 10.2. The van der Waals surface area contributed by atoms with E-state index >= 15 is 0 Å². The summed E-state index contributed by atoms with van der Waals surface area (Å²) in [7, 11) is 1.51. The van der Waals surface area contributed by atoms with Crippen molar-refractivity contribution in [3.05, 3.63) is 71.0 Å². The number of nitrogens with one attached hydrogen (secondary N) is 1. The van der Waals surface area contributed by atoms with Crippen molar-refractivity contribution in [2.45, 2.75) is 35.5 Å². The Balaban J connectivity index is 2.07. The third-order valence-corrected chi connectivity index (χ3v) is 7.40. The molecule has 2 heterocycles. The van der Waals surface area contributed by atoms with E-state index in [0.29, 0.717) is 0 Å². The second-order valence-electron chi connectivity index (χ2n) is 6.57. The summed E-state index contributed by atoms with van der Waals surface area (Å²) in [4.78, 5) is 47.1. The predicted octanol–water partition coefficient (Wildman–Crippen LogP) is 0.854. The average Bonchev–Trinajstić information content (AvgIpc) is 3.05. The van der Waals surface area contributed by atoms with E-state index in [4.69, 9.17) is 4.74 Å². The number of aromatic nitrogens is 2. The number of aryl methyl sites for hydroxylation is 1. The van der Waals surface area contributed by atoms with Gasteiger partial charge in [-0.3, -0.25) is 34.6 Å². The number of nitro groups is 2. The Hall–Kier alpha value is -2.72. The van der Waals surface area contributed by atoms with Crippen LogP contribution in [0.1, 0.15) is 12.0 Å². The third-order valence-electron chi connectivity index (χ3n) is 4.52. The zero-order valence-electron chi connectivity index (χ0n) is 15.8. The molecule has 3 atom stereocenters. The SMILES string of the molecule is Cc1cn([C@@]2(SSc3cccc([N+](=O)[O-])c3[N+](=O)[O-])C[C@H](O)[C@@H](CO)O2)c(=O)[nH]c1=O. The van der Waals surface area contributed by atoms with Crippen LogP contribution < -0.4 is 11.2 Å². The highest BCUT2D eigenvalue weighted by molar-refractivity contribution is 8.77. The van der Waals surface area contributed by atoms with Crippen molar-refractivity contribution in [2.24, 2.45) is 0 Å². The van der Waals surface area contributed by atoms with Crippen LogP contribution >= 0.6 is 21.6 Å². The van der Waals surface area contributed by atoms with Crippen LogP contribution in [-0.4, -0.2) is 48.4 Å². The van der Waals surface area contributed by atoms with Crippen LogP contribution in [0, 0.1) is 27.2 Å². The van der Waals surface area contributed by atoms with Gasteiger partial charge in [-0.05, 0) is 34.6 Å². The molecule has 0 unspecified atom stereocenters. The normalized spacial score (nSPS) is 23.1. The van der Waals surface area contributed by atoms with E-state index in [1.165, 1.54) is 25.3 Å². The lowest BCUT2D eigenvalue weighted by Crippen LogP contribution is -2.42. The Bertz CT molecular complexity index is 1150. The number of nitro benzene ring substituents is 2. The molecular weight excluding hydrogens is 456 g/mol. The fraction of sp³-hybridized carbons (Fsp3) is 0.375. The van der Waals surface area contributed by atoms with E-state index < -0.39 is 56.3 Å². The monoisotopic (exact) mass is 472 g/mol. The summed E-state index contributed by atoms with van der Waals surface area (Å²) in [6, 6.07) is 3.57. The summed E-state index contributed by atoms with van der Waals surface area (Å²) in [5.41, 5.74) is -2.76. The molecular formula is C16H16N4O9S2. The van der Waals surface area contributed by atoms with Crippen molar-refractivity contribution >= 4 is 33.0 Å². The van der Waals surface area contributed by atoms with Gasteiger partial charge in [-0.25, -0.2) is 4.79 Å². The second-order valence-corrected chi connectivity index (χ2v) is 8.98. The molecule has 1 aromatic carbocycles. The first kappa shape index (κ1) is 23.0. The molecule has 1 aliphatic rings. The van der Waals surface area contributed by atoms with Crippen LogP contribution in [0.15, 0.2) is 38.9 Å². The molecule has 31 heavy (non-hydrogen) atoms. The molecule has 0 amide bonds. The maximum absolute atomic E-state index is 12.5. The molecule has 1 fully saturated rings. The Kier molecular flexibility index (Phi) is 6.51. The summed E-state index contributed by atoms with van der Waals surface area (Å²) in [6.07, 6.45) is -1.24. The third kappa shape index (κ3) is 4.35. The van der Waals surface area contributed by atoms with Gasteiger partial charge >= 0.3 is 17.1 Å². The first-order valence-corrected chi connectivity index (χ1v) is 10.8. The van der Waals surface area contributed by atoms with Gasteiger partial charge in [0, 0.05) is 24.2 Å². The van der Waals surface area contributed by atoms with Crippen LogP contribution in [0.5, 0.6) is 0 Å². The smallest absolute Gasteiger partial charge is 0.360 e. The number of H-pyrrole nitrogens is 1. The van der Waals surface area contributed by atoms with E-state index in [1.807, 2.05) is 0 Å². The van der Waals surface area contributed by atoms with Gasteiger partial charge in [0.2, 0.25) is 5.06 Å². The van der Waals surface area contributed by atoms with Gasteiger partial charge in [0.05, 0.1) is 22.6 Å². The molecule has 3 N–H and O–H groups in total. The number of rotatable bonds is 7. The molecule has 1 saturated heterocycles. The highest BCUT2D eigenvalue weighted by atomic mass is 33.1. The molecule has 1 aliphatic heterocycles. The lowest BCUT2D eigenvalue weighted by molar-refractivity contribution is -0.424. The molecule has 2 aromatic rings. The van der Waals surface area contributed by atoms with Crippen molar-refractivity contribution < 1.29 is 24.8 Å². The topological polar surface area (TPSA) is 191 Å². The minimum atomic E-state index is -1.66. The Morgan fingerprint density at radius 1 is 1.32 bits per heavy atom. The van der Waals surface area contributed by atoms with E-state index in [0.717, 1.165) is 32.2 Å². The molecule has 3 rings (SSSR count). The van der Waals surface area contributed by atoms with Gasteiger partial charge in [0.15, 0.2) is 0 Å². The van der Waals surface area contributed by atoms with Crippen molar-refractivity contribution in [1.29, 1.82) is 0 Å². The van der Waals surface area contributed by atoms with Crippen LogP contribution in [0.2, 0.25) is 0 Å². The fourth-order valence-electron chi connectivity index (χ4n) is 3.01. The largest absolute Gasteiger partial charge is 0.394 e. The van der Waals surface area contributed by atoms with Gasteiger partial charge in [-0.1, -0.05) is 6.07 Å². The van der Waals surface area contributed by atoms with Gasteiger partial charge < -0.3 is 14.9 Å². The number of para-hydroxylation sites is 1. The van der Waals surface area contributed by atoms with Crippen molar-refractivity contribution in [1.82, 2.24) is 9.55 Å². The van der Waals surface area contributed by atoms with Crippen LogP contribution in [0.3, 0.4) is 0 Å². The highest BCUT2D eigenvalue weighted by Crippen LogP contribution is 2.53. The number of nitrogens with zero attached hydrogens (tertiary/aromatic N) is 3. The summed E-state index contributed by atoms with van der Waals surface area (Å²) in [5, 5.41) is 40.7. The molecule has 0 spiro atoms. The van der Waals surface area contributed by atoms with Gasteiger partial charge in [0.1, 0.15) is 11.0 Å². The molecule has 1 aromatic heterocycles. The average molecular weight is 472 g/mol. The minimum Gasteiger partial charge on any atom is -0.394 e. The number of benzene rings is 1. The number of ether oxygens (including phenoxy) is 1. The highest BCUT2D eigenvalue weighted by Gasteiger charge is 2.49. The van der Waals surface area contributed by atoms with Crippen molar-refractivity contribution in [3.8, 4) is 0 Å². The standard InChI is InChI=1S/C16H16N4O9S2/c1-8-6-18(15(24)17-14(8)23)16(5-10(22)11(7-21)29-16)31-30-12-4-2-3-9(19(25)26)13(12)20(27)28/h2-4,6,10-11,21-22H,5,7H2,1H3,(H,17,23,24)/t10-,11+,16-/m0/s1. The number of hydrogen-bond acceptors (Lipinski definition) is 11. The molecule has 0 radical (unpaired) electrons. The zero-order valence-corrected chi connectivity index (χ0v) is 17.4. The van der Waals surface area contributed by atoms with E-state index in [2.05, 4.69) is 4.98 Å². The first-order valence-electron chi connectivity index (χ1n) is 8.67. The summed E-state index contributed by atoms with van der Waals surface area (Å²) in [5.74, 6) is 0. The van der Waals surface area contributed by atoms with Gasteiger partial charge in [-0.2, -0.15) is 0 Å². The fourth-order valence-corrected chi connectivity index (χ4v) is 5.86. The van der Waals surface area contributed by atoms with Crippen LogP contribution in [0.25, 0.3) is 0 Å².